The average molecular weight is 555 g/mol. The number of hydrogen-bond donors (Lipinski definition) is 3. The number of rotatable bonds is 7. The quantitative estimate of drug-likeness (QED) is 0.295. The zero-order chi connectivity index (χ0) is 27.0. The van der Waals surface area contributed by atoms with Crippen LogP contribution in [0.1, 0.15) is 28.7 Å². The van der Waals surface area contributed by atoms with Gasteiger partial charge in [0.15, 0.2) is 0 Å². The van der Waals surface area contributed by atoms with Crippen molar-refractivity contribution in [1.29, 1.82) is 0 Å². The van der Waals surface area contributed by atoms with Crippen molar-refractivity contribution >= 4 is 27.3 Å². The largest absolute Gasteiger partial charge is 0.506 e. The van der Waals surface area contributed by atoms with Gasteiger partial charge in [-0.05, 0) is 72.7 Å². The molecule has 0 fully saturated rings. The molecule has 1 aliphatic carbocycles. The lowest BCUT2D eigenvalue weighted by molar-refractivity contribution is 0.465. The van der Waals surface area contributed by atoms with Crippen LogP contribution in [-0.2, 0) is 28.6 Å². The van der Waals surface area contributed by atoms with E-state index in [1.165, 1.54) is 35.4 Å². The molecule has 0 spiro atoms. The van der Waals surface area contributed by atoms with Crippen LogP contribution >= 0.6 is 11.6 Å². The first-order valence-corrected chi connectivity index (χ1v) is 13.7. The summed E-state index contributed by atoms with van der Waals surface area (Å²) >= 11 is 6.43. The summed E-state index contributed by atoms with van der Waals surface area (Å²) in [5.41, 5.74) is 2.56. The zero-order valence-corrected chi connectivity index (χ0v) is 21.8. The van der Waals surface area contributed by atoms with E-state index in [4.69, 9.17) is 16.3 Å². The molecule has 196 valence electrons. The second-order valence-corrected chi connectivity index (χ2v) is 11.2. The van der Waals surface area contributed by atoms with Crippen molar-refractivity contribution in [3.05, 3.63) is 103 Å². The number of aromatic amines is 1. The van der Waals surface area contributed by atoms with Crippen LogP contribution in [0.2, 0.25) is 5.02 Å². The molecule has 0 bridgehead atoms. The van der Waals surface area contributed by atoms with E-state index in [1.807, 2.05) is 18.2 Å². The van der Waals surface area contributed by atoms with Crippen LogP contribution in [0.4, 0.5) is 5.69 Å². The summed E-state index contributed by atoms with van der Waals surface area (Å²) in [6, 6.07) is 12.9. The second-order valence-electron chi connectivity index (χ2n) is 9.02. The molecule has 12 heteroatoms. The molecular formula is C26H23ClN4O6S. The third-order valence-corrected chi connectivity index (χ3v) is 7.67. The average Bonchev–Trinajstić information content (AvgIpc) is 3.31. The van der Waals surface area contributed by atoms with Gasteiger partial charge in [-0.25, -0.2) is 13.2 Å². The summed E-state index contributed by atoms with van der Waals surface area (Å²) in [5, 5.41) is 14.3. The summed E-state index contributed by atoms with van der Waals surface area (Å²) in [5.74, 6) is -0.0350. The Hall–Kier alpha value is -4.09. The fraction of sp³-hybridized carbons (Fsp3) is 0.192. The van der Waals surface area contributed by atoms with Crippen molar-refractivity contribution in [1.82, 2.24) is 14.8 Å². The van der Waals surface area contributed by atoms with Gasteiger partial charge in [0.05, 0.1) is 22.2 Å². The summed E-state index contributed by atoms with van der Waals surface area (Å²) in [4.78, 5) is 25.5. The Kier molecular flexibility index (Phi) is 6.72. The lowest BCUT2D eigenvalue weighted by Crippen LogP contribution is -2.30. The summed E-state index contributed by atoms with van der Waals surface area (Å²) in [6.07, 6.45) is 3.99. The smallest absolute Gasteiger partial charge is 0.349 e. The number of anilines is 1. The predicted molar refractivity (Wildman–Crippen MR) is 143 cm³/mol. The molecule has 1 heterocycles. The SMILES string of the molecule is Cc1cc(-n2ncc(=O)[nH]c2=O)cc(Cl)c1Oc1ccc(O)c(NS(=O)(=O)Cc2ccc3c(c2)CCC3)c1. The molecule has 0 radical (unpaired) electrons. The van der Waals surface area contributed by atoms with E-state index < -0.39 is 21.3 Å². The molecule has 0 saturated heterocycles. The normalized spacial score (nSPS) is 12.8. The molecule has 38 heavy (non-hydrogen) atoms. The fourth-order valence-electron chi connectivity index (χ4n) is 4.42. The number of halogens is 1. The number of aryl methyl sites for hydroxylation is 3. The number of nitrogens with zero attached hydrogens (tertiary/aromatic N) is 2. The molecule has 3 aromatic carbocycles. The third-order valence-electron chi connectivity index (χ3n) is 6.14. The highest BCUT2D eigenvalue weighted by atomic mass is 35.5. The number of ether oxygens (including phenoxy) is 1. The molecule has 0 aliphatic heterocycles. The number of hydrogen-bond acceptors (Lipinski definition) is 7. The second kappa shape index (κ2) is 9.99. The van der Waals surface area contributed by atoms with Crippen LogP contribution in [0.3, 0.4) is 0 Å². The van der Waals surface area contributed by atoms with Crippen molar-refractivity contribution in [3.8, 4) is 22.9 Å². The predicted octanol–water partition coefficient (Wildman–Crippen LogP) is 3.81. The maximum atomic E-state index is 12.9. The van der Waals surface area contributed by atoms with Crippen LogP contribution in [0, 0.1) is 6.92 Å². The van der Waals surface area contributed by atoms with E-state index in [-0.39, 0.29) is 33.7 Å². The number of fused-ring (bicyclic) bond motifs is 1. The Labute approximate surface area is 222 Å². The van der Waals surface area contributed by atoms with Gasteiger partial charge in [0.25, 0.3) is 5.56 Å². The fourth-order valence-corrected chi connectivity index (χ4v) is 5.91. The minimum absolute atomic E-state index is 0.0435. The van der Waals surface area contributed by atoms with Gasteiger partial charge in [-0.15, -0.1) is 0 Å². The molecule has 0 unspecified atom stereocenters. The van der Waals surface area contributed by atoms with E-state index >= 15 is 0 Å². The van der Waals surface area contributed by atoms with Gasteiger partial charge in [-0.1, -0.05) is 29.8 Å². The van der Waals surface area contributed by atoms with E-state index in [9.17, 15) is 23.1 Å². The van der Waals surface area contributed by atoms with Crippen LogP contribution in [-0.4, -0.2) is 28.3 Å². The van der Waals surface area contributed by atoms with Crippen LogP contribution in [0.25, 0.3) is 5.69 Å². The number of phenols is 1. The van der Waals surface area contributed by atoms with E-state index in [0.29, 0.717) is 16.8 Å². The van der Waals surface area contributed by atoms with Crippen molar-refractivity contribution in [2.45, 2.75) is 31.9 Å². The van der Waals surface area contributed by atoms with E-state index in [2.05, 4.69) is 14.8 Å². The molecule has 0 atom stereocenters. The number of H-pyrrole nitrogens is 1. The number of sulfonamides is 1. The Morgan fingerprint density at radius 3 is 2.66 bits per heavy atom. The first kappa shape index (κ1) is 25.6. The minimum Gasteiger partial charge on any atom is -0.506 e. The molecule has 5 rings (SSSR count). The molecular weight excluding hydrogens is 532 g/mol. The molecule has 10 nitrogen and oxygen atoms in total. The maximum Gasteiger partial charge on any atom is 0.349 e. The van der Waals surface area contributed by atoms with Crippen LogP contribution in [0.15, 0.2) is 64.3 Å². The molecule has 1 aromatic heterocycles. The zero-order valence-electron chi connectivity index (χ0n) is 20.2. The highest BCUT2D eigenvalue weighted by Crippen LogP contribution is 2.37. The van der Waals surface area contributed by atoms with Crippen LogP contribution in [0.5, 0.6) is 17.2 Å². The molecule has 4 aromatic rings. The number of benzene rings is 3. The van der Waals surface area contributed by atoms with Crippen LogP contribution < -0.4 is 20.7 Å². The number of aromatic hydroxyl groups is 1. The Morgan fingerprint density at radius 1 is 1.11 bits per heavy atom. The maximum absolute atomic E-state index is 12.9. The van der Waals surface area contributed by atoms with Crippen molar-refractivity contribution < 1.29 is 18.3 Å². The van der Waals surface area contributed by atoms with Crippen molar-refractivity contribution in [3.63, 3.8) is 0 Å². The number of nitrogens with one attached hydrogen (secondary N) is 2. The van der Waals surface area contributed by atoms with Gasteiger partial charge in [0.2, 0.25) is 10.0 Å². The first-order chi connectivity index (χ1) is 18.1. The Bertz CT molecular complexity index is 1760. The van der Waals surface area contributed by atoms with E-state index in [0.717, 1.165) is 30.1 Å². The lowest BCUT2D eigenvalue weighted by Gasteiger charge is -2.15. The minimum atomic E-state index is -3.83. The third kappa shape index (κ3) is 5.43. The molecule has 1 aliphatic rings. The summed E-state index contributed by atoms with van der Waals surface area (Å²) < 4.78 is 35.1. The number of aromatic nitrogens is 3. The van der Waals surface area contributed by atoms with Crippen molar-refractivity contribution in [2.75, 3.05) is 4.72 Å². The van der Waals surface area contributed by atoms with Crippen molar-refractivity contribution in [2.24, 2.45) is 0 Å². The molecule has 3 N–H and O–H groups in total. The van der Waals surface area contributed by atoms with Gasteiger partial charge in [0.1, 0.15) is 23.4 Å². The monoisotopic (exact) mass is 554 g/mol. The highest BCUT2D eigenvalue weighted by molar-refractivity contribution is 7.91. The Balaban J connectivity index is 1.37. The summed E-state index contributed by atoms with van der Waals surface area (Å²) in [6.45, 7) is 1.70. The highest BCUT2D eigenvalue weighted by Gasteiger charge is 2.18. The molecule has 0 saturated carbocycles. The van der Waals surface area contributed by atoms with Gasteiger partial charge < -0.3 is 9.84 Å². The Morgan fingerprint density at radius 2 is 1.89 bits per heavy atom. The van der Waals surface area contributed by atoms with Gasteiger partial charge in [-0.3, -0.25) is 14.5 Å². The first-order valence-electron chi connectivity index (χ1n) is 11.7. The topological polar surface area (TPSA) is 143 Å². The van der Waals surface area contributed by atoms with Gasteiger partial charge in [-0.2, -0.15) is 9.78 Å². The molecule has 0 amide bonds. The van der Waals surface area contributed by atoms with Gasteiger partial charge >= 0.3 is 5.69 Å². The summed E-state index contributed by atoms with van der Waals surface area (Å²) in [7, 11) is -3.83. The lowest BCUT2D eigenvalue weighted by atomic mass is 10.1. The van der Waals surface area contributed by atoms with E-state index in [1.54, 1.807) is 13.0 Å². The van der Waals surface area contributed by atoms with Gasteiger partial charge in [0, 0.05) is 6.07 Å². The number of phenolic OH excluding ortho intramolecular Hbond substituents is 1. The standard InChI is InChI=1S/C26H23ClN4O6S/c1-15-9-19(31-26(34)29-24(33)13-28-31)11-21(27)25(15)37-20-7-8-23(32)22(12-20)30-38(35,36)14-16-5-6-17-3-2-4-18(17)10-16/h5-13,30,32H,2-4,14H2,1H3,(H,29,33,34).